The number of aryl methyl sites for hydroxylation is 1. The Balaban J connectivity index is 1.86. The first-order valence-electron chi connectivity index (χ1n) is 8.34. The molecule has 0 aliphatic carbocycles. The van der Waals surface area contributed by atoms with Crippen LogP contribution in [0.2, 0.25) is 0 Å². The number of aliphatic imine (C=N–C) groups is 1. The Morgan fingerprint density at radius 1 is 1.52 bits per heavy atom. The highest BCUT2D eigenvalue weighted by molar-refractivity contribution is 7.09. The summed E-state index contributed by atoms with van der Waals surface area (Å²) in [5, 5.41) is 14.5. The summed E-state index contributed by atoms with van der Waals surface area (Å²) >= 11 is 1.62. The minimum atomic E-state index is 0.0260. The first-order chi connectivity index (χ1) is 12.1. The van der Waals surface area contributed by atoms with Crippen molar-refractivity contribution in [2.75, 3.05) is 27.7 Å². The van der Waals surface area contributed by atoms with Gasteiger partial charge in [-0.05, 0) is 6.92 Å². The molecular formula is C16H27N7OS. The maximum absolute atomic E-state index is 5.32. The van der Waals surface area contributed by atoms with Crippen molar-refractivity contribution in [1.29, 1.82) is 0 Å². The number of nitrogens with one attached hydrogen (secondary N) is 1. The highest BCUT2D eigenvalue weighted by Gasteiger charge is 2.12. The number of rotatable bonds is 8. The van der Waals surface area contributed by atoms with Crippen molar-refractivity contribution in [3.63, 3.8) is 0 Å². The van der Waals surface area contributed by atoms with E-state index in [4.69, 9.17) is 4.74 Å². The van der Waals surface area contributed by atoms with Crippen molar-refractivity contribution in [2.45, 2.75) is 39.5 Å². The van der Waals surface area contributed by atoms with Crippen molar-refractivity contribution < 1.29 is 4.74 Å². The minimum absolute atomic E-state index is 0.0260. The van der Waals surface area contributed by atoms with Crippen LogP contribution in [0.25, 0.3) is 0 Å². The average molecular weight is 366 g/mol. The second kappa shape index (κ2) is 9.47. The summed E-state index contributed by atoms with van der Waals surface area (Å²) in [4.78, 5) is 11.0. The second-order valence-electron chi connectivity index (χ2n) is 5.68. The number of thiazole rings is 1. The normalized spacial score (nSPS) is 13.1. The zero-order valence-corrected chi connectivity index (χ0v) is 16.4. The van der Waals surface area contributed by atoms with Crippen LogP contribution >= 0.6 is 11.3 Å². The van der Waals surface area contributed by atoms with Crippen molar-refractivity contribution in [3.05, 3.63) is 28.2 Å². The molecule has 2 aromatic heterocycles. The molecule has 0 bridgehead atoms. The first kappa shape index (κ1) is 19.3. The van der Waals surface area contributed by atoms with E-state index in [1.54, 1.807) is 31.8 Å². The van der Waals surface area contributed by atoms with Crippen LogP contribution < -0.4 is 5.32 Å². The highest BCUT2D eigenvalue weighted by atomic mass is 32.1. The molecule has 1 unspecified atom stereocenters. The summed E-state index contributed by atoms with van der Waals surface area (Å²) < 4.78 is 7.37. The third kappa shape index (κ3) is 5.23. The molecule has 0 radical (unpaired) electrons. The molecule has 0 amide bonds. The zero-order chi connectivity index (χ0) is 18.2. The minimum Gasteiger partial charge on any atom is -0.375 e. The lowest BCUT2D eigenvalue weighted by Gasteiger charge is -2.21. The monoisotopic (exact) mass is 365 g/mol. The SMILES string of the molecule is CCc1nncn1CCNC(=NC)N(C)Cc1csc(C(C)OC)n1. The topological polar surface area (TPSA) is 80.5 Å². The summed E-state index contributed by atoms with van der Waals surface area (Å²) in [5.74, 6) is 1.83. The Bertz CT molecular complexity index is 682. The van der Waals surface area contributed by atoms with Gasteiger partial charge in [-0.2, -0.15) is 0 Å². The smallest absolute Gasteiger partial charge is 0.193 e. The number of nitrogens with zero attached hydrogens (tertiary/aromatic N) is 6. The molecule has 0 saturated carbocycles. The third-order valence-corrected chi connectivity index (χ3v) is 4.95. The molecule has 138 valence electrons. The maximum atomic E-state index is 5.32. The van der Waals surface area contributed by atoms with Crippen LogP contribution in [0.3, 0.4) is 0 Å². The van der Waals surface area contributed by atoms with Crippen LogP contribution in [-0.4, -0.2) is 58.4 Å². The van der Waals surface area contributed by atoms with Crippen LogP contribution in [-0.2, 0) is 24.2 Å². The van der Waals surface area contributed by atoms with Crippen LogP contribution in [0.1, 0.15) is 36.5 Å². The van der Waals surface area contributed by atoms with Gasteiger partial charge in [-0.1, -0.05) is 6.92 Å². The van der Waals surface area contributed by atoms with Gasteiger partial charge in [0.25, 0.3) is 0 Å². The number of guanidine groups is 1. The average Bonchev–Trinajstić information content (AvgIpc) is 3.26. The lowest BCUT2D eigenvalue weighted by Crippen LogP contribution is -2.40. The molecule has 0 spiro atoms. The molecule has 2 rings (SSSR count). The molecule has 2 aromatic rings. The van der Waals surface area contributed by atoms with Gasteiger partial charge in [0.1, 0.15) is 23.3 Å². The summed E-state index contributed by atoms with van der Waals surface area (Å²) in [6.45, 7) is 6.33. The van der Waals surface area contributed by atoms with E-state index < -0.39 is 0 Å². The molecule has 0 fully saturated rings. The summed E-state index contributed by atoms with van der Waals surface area (Å²) in [7, 11) is 5.49. The van der Waals surface area contributed by atoms with Crippen LogP contribution in [0, 0.1) is 0 Å². The molecule has 0 aromatic carbocycles. The molecule has 1 atom stereocenters. The number of hydrogen-bond donors (Lipinski definition) is 1. The van der Waals surface area contributed by atoms with E-state index in [0.717, 1.165) is 42.0 Å². The fraction of sp³-hybridized carbons (Fsp3) is 0.625. The third-order valence-electron chi connectivity index (χ3n) is 3.89. The fourth-order valence-electron chi connectivity index (χ4n) is 2.41. The lowest BCUT2D eigenvalue weighted by molar-refractivity contribution is 0.119. The Kier molecular flexibility index (Phi) is 7.32. The van der Waals surface area contributed by atoms with Gasteiger partial charge in [-0.25, -0.2) is 4.98 Å². The summed E-state index contributed by atoms with van der Waals surface area (Å²) in [5.41, 5.74) is 1.02. The molecule has 0 aliphatic heterocycles. The van der Waals surface area contributed by atoms with Gasteiger partial charge in [0.15, 0.2) is 5.96 Å². The largest absolute Gasteiger partial charge is 0.375 e. The number of ether oxygens (including phenoxy) is 1. The molecule has 9 heteroatoms. The lowest BCUT2D eigenvalue weighted by atomic mass is 10.4. The Labute approximate surface area is 153 Å². The van der Waals surface area contributed by atoms with Gasteiger partial charge in [0.05, 0.1) is 12.2 Å². The molecule has 0 aliphatic rings. The van der Waals surface area contributed by atoms with E-state index in [9.17, 15) is 0 Å². The zero-order valence-electron chi connectivity index (χ0n) is 15.6. The fourth-order valence-corrected chi connectivity index (χ4v) is 3.25. The van der Waals surface area contributed by atoms with Crippen molar-refractivity contribution in [2.24, 2.45) is 4.99 Å². The molecule has 0 saturated heterocycles. The van der Waals surface area contributed by atoms with E-state index in [2.05, 4.69) is 47.3 Å². The van der Waals surface area contributed by atoms with E-state index in [0.29, 0.717) is 6.54 Å². The van der Waals surface area contributed by atoms with Crippen molar-refractivity contribution in [3.8, 4) is 0 Å². The van der Waals surface area contributed by atoms with Crippen LogP contribution in [0.5, 0.6) is 0 Å². The van der Waals surface area contributed by atoms with Gasteiger partial charge in [0, 0.05) is 46.1 Å². The predicted molar refractivity (Wildman–Crippen MR) is 99.8 cm³/mol. The van der Waals surface area contributed by atoms with Crippen molar-refractivity contribution >= 4 is 17.3 Å². The Morgan fingerprint density at radius 3 is 3.00 bits per heavy atom. The number of aromatic nitrogens is 4. The maximum Gasteiger partial charge on any atom is 0.193 e. The Morgan fingerprint density at radius 2 is 2.32 bits per heavy atom. The molecule has 2 heterocycles. The first-order valence-corrected chi connectivity index (χ1v) is 9.22. The molecule has 1 N–H and O–H groups in total. The predicted octanol–water partition coefficient (Wildman–Crippen LogP) is 1.71. The van der Waals surface area contributed by atoms with E-state index in [1.807, 2.05) is 14.0 Å². The molecular weight excluding hydrogens is 338 g/mol. The van der Waals surface area contributed by atoms with E-state index in [1.165, 1.54) is 0 Å². The van der Waals surface area contributed by atoms with E-state index in [-0.39, 0.29) is 6.10 Å². The number of methoxy groups -OCH3 is 1. The molecule has 25 heavy (non-hydrogen) atoms. The van der Waals surface area contributed by atoms with Gasteiger partial charge in [-0.3, -0.25) is 4.99 Å². The molecule has 8 nitrogen and oxygen atoms in total. The van der Waals surface area contributed by atoms with Gasteiger partial charge in [0.2, 0.25) is 0 Å². The highest BCUT2D eigenvalue weighted by Crippen LogP contribution is 2.20. The van der Waals surface area contributed by atoms with Gasteiger partial charge in [-0.15, -0.1) is 21.5 Å². The van der Waals surface area contributed by atoms with E-state index >= 15 is 0 Å². The number of hydrogen-bond acceptors (Lipinski definition) is 6. The standard InChI is InChI=1S/C16H27N7OS/c1-6-14-21-19-11-23(14)8-7-18-16(17-3)22(4)9-13-10-25-15(20-13)12(2)24-5/h10-12H,6-9H2,1-5H3,(H,17,18). The van der Waals surface area contributed by atoms with Crippen LogP contribution in [0.15, 0.2) is 16.7 Å². The Hall–Kier alpha value is -2.00. The van der Waals surface area contributed by atoms with Gasteiger partial charge >= 0.3 is 0 Å². The summed E-state index contributed by atoms with van der Waals surface area (Å²) in [6.07, 6.45) is 2.67. The summed E-state index contributed by atoms with van der Waals surface area (Å²) in [6, 6.07) is 0. The van der Waals surface area contributed by atoms with Crippen LogP contribution in [0.4, 0.5) is 0 Å². The quantitative estimate of drug-likeness (QED) is 0.567. The van der Waals surface area contributed by atoms with Gasteiger partial charge < -0.3 is 19.5 Å². The second-order valence-corrected chi connectivity index (χ2v) is 6.57. The van der Waals surface area contributed by atoms with Crippen molar-refractivity contribution in [1.82, 2.24) is 30.0 Å².